The molecule has 2 rings (SSSR count). The van der Waals surface area contributed by atoms with Crippen LogP contribution in [0.15, 0.2) is 28.7 Å². The molecular formula is C11H8BrN3. The van der Waals surface area contributed by atoms with Gasteiger partial charge in [0.1, 0.15) is 11.8 Å². The summed E-state index contributed by atoms with van der Waals surface area (Å²) in [5.41, 5.74) is 2.16. The number of fused-ring (bicyclic) bond motifs is 1. The van der Waals surface area contributed by atoms with Gasteiger partial charge in [0.05, 0.1) is 5.52 Å². The molecule has 0 spiro atoms. The zero-order valence-corrected chi connectivity index (χ0v) is 9.67. The molecule has 0 aliphatic heterocycles. The second-order valence-electron chi connectivity index (χ2n) is 3.08. The highest BCUT2D eigenvalue weighted by molar-refractivity contribution is 9.10. The number of aromatic nitrogens is 1. The monoisotopic (exact) mass is 261 g/mol. The quantitative estimate of drug-likeness (QED) is 0.859. The van der Waals surface area contributed by atoms with Gasteiger partial charge in [-0.2, -0.15) is 5.26 Å². The second kappa shape index (κ2) is 3.87. The average molecular weight is 262 g/mol. The van der Waals surface area contributed by atoms with Gasteiger partial charge in [0.15, 0.2) is 0 Å². The third kappa shape index (κ3) is 1.79. The Bertz CT molecular complexity index is 557. The van der Waals surface area contributed by atoms with Gasteiger partial charge in [-0.25, -0.2) is 4.98 Å². The molecule has 2 aromatic rings. The normalized spacial score (nSPS) is 9.93. The zero-order valence-electron chi connectivity index (χ0n) is 8.08. The van der Waals surface area contributed by atoms with E-state index in [1.54, 1.807) is 6.07 Å². The number of pyridine rings is 1. The Hall–Kier alpha value is -1.60. The van der Waals surface area contributed by atoms with Crippen molar-refractivity contribution in [1.82, 2.24) is 4.98 Å². The second-order valence-corrected chi connectivity index (χ2v) is 3.99. The Labute approximate surface area is 95.9 Å². The summed E-state index contributed by atoms with van der Waals surface area (Å²) in [5, 5.41) is 12.9. The first-order chi connectivity index (χ1) is 7.24. The van der Waals surface area contributed by atoms with Crippen molar-refractivity contribution in [3.8, 4) is 6.07 Å². The van der Waals surface area contributed by atoms with Crippen LogP contribution in [0.5, 0.6) is 0 Å². The lowest BCUT2D eigenvalue weighted by Gasteiger charge is -2.06. The van der Waals surface area contributed by atoms with E-state index in [9.17, 15) is 0 Å². The zero-order chi connectivity index (χ0) is 10.8. The van der Waals surface area contributed by atoms with Crippen LogP contribution in [-0.2, 0) is 0 Å². The summed E-state index contributed by atoms with van der Waals surface area (Å²) in [6.45, 7) is 0. The SMILES string of the molecule is CNc1cc(C#N)nc2ccc(Br)cc12. The molecule has 1 heterocycles. The Morgan fingerprint density at radius 3 is 2.87 bits per heavy atom. The van der Waals surface area contributed by atoms with Crippen LogP contribution in [0.2, 0.25) is 0 Å². The topological polar surface area (TPSA) is 48.7 Å². The van der Waals surface area contributed by atoms with E-state index < -0.39 is 0 Å². The molecule has 0 atom stereocenters. The highest BCUT2D eigenvalue weighted by atomic mass is 79.9. The van der Waals surface area contributed by atoms with Gasteiger partial charge in [-0.05, 0) is 24.3 Å². The summed E-state index contributed by atoms with van der Waals surface area (Å²) in [6.07, 6.45) is 0. The Morgan fingerprint density at radius 1 is 1.40 bits per heavy atom. The first-order valence-electron chi connectivity index (χ1n) is 4.43. The molecule has 0 fully saturated rings. The number of hydrogen-bond donors (Lipinski definition) is 1. The summed E-state index contributed by atoms with van der Waals surface area (Å²) < 4.78 is 0.998. The van der Waals surface area contributed by atoms with Gasteiger partial charge in [-0.15, -0.1) is 0 Å². The molecule has 0 radical (unpaired) electrons. The van der Waals surface area contributed by atoms with E-state index in [0.717, 1.165) is 21.1 Å². The van der Waals surface area contributed by atoms with Crippen molar-refractivity contribution in [2.45, 2.75) is 0 Å². The highest BCUT2D eigenvalue weighted by Gasteiger charge is 2.04. The molecule has 1 aromatic heterocycles. The maximum absolute atomic E-state index is 8.82. The molecule has 0 saturated carbocycles. The van der Waals surface area contributed by atoms with E-state index in [4.69, 9.17) is 5.26 Å². The molecule has 4 heteroatoms. The van der Waals surface area contributed by atoms with Crippen LogP contribution < -0.4 is 5.32 Å². The van der Waals surface area contributed by atoms with Crippen molar-refractivity contribution < 1.29 is 0 Å². The fourth-order valence-electron chi connectivity index (χ4n) is 1.46. The molecule has 0 aliphatic rings. The molecule has 0 amide bonds. The number of halogens is 1. The standard InChI is InChI=1S/C11H8BrN3/c1-14-11-5-8(6-13)15-10-3-2-7(12)4-9(10)11/h2-5H,1H3,(H,14,15). The smallest absolute Gasteiger partial charge is 0.143 e. The van der Waals surface area contributed by atoms with Crippen molar-refractivity contribution in [3.05, 3.63) is 34.4 Å². The Kier molecular flexibility index (Phi) is 2.57. The van der Waals surface area contributed by atoms with Crippen LogP contribution in [0.4, 0.5) is 5.69 Å². The number of rotatable bonds is 1. The average Bonchev–Trinajstić information content (AvgIpc) is 2.27. The maximum atomic E-state index is 8.82. The lowest BCUT2D eigenvalue weighted by molar-refractivity contribution is 1.32. The number of anilines is 1. The molecule has 0 bridgehead atoms. The van der Waals surface area contributed by atoms with Crippen LogP contribution in [0.1, 0.15) is 5.69 Å². The first-order valence-corrected chi connectivity index (χ1v) is 5.22. The minimum absolute atomic E-state index is 0.425. The van der Waals surface area contributed by atoms with Gasteiger partial charge in [0.2, 0.25) is 0 Å². The summed E-state index contributed by atoms with van der Waals surface area (Å²) in [6, 6.07) is 9.57. The van der Waals surface area contributed by atoms with Crippen molar-refractivity contribution in [2.75, 3.05) is 12.4 Å². The molecule has 1 aromatic carbocycles. The predicted molar refractivity (Wildman–Crippen MR) is 63.7 cm³/mol. The van der Waals surface area contributed by atoms with Gasteiger partial charge in [-0.1, -0.05) is 15.9 Å². The van der Waals surface area contributed by atoms with E-state index >= 15 is 0 Å². The van der Waals surface area contributed by atoms with Gasteiger partial charge < -0.3 is 5.32 Å². The minimum Gasteiger partial charge on any atom is -0.387 e. The van der Waals surface area contributed by atoms with Crippen molar-refractivity contribution in [2.24, 2.45) is 0 Å². The third-order valence-corrected chi connectivity index (χ3v) is 2.65. The van der Waals surface area contributed by atoms with Gasteiger partial charge >= 0.3 is 0 Å². The third-order valence-electron chi connectivity index (χ3n) is 2.15. The Balaban J connectivity index is 2.82. The number of hydrogen-bond acceptors (Lipinski definition) is 3. The summed E-state index contributed by atoms with van der Waals surface area (Å²) in [7, 11) is 1.83. The molecule has 1 N–H and O–H groups in total. The largest absolute Gasteiger partial charge is 0.387 e. The summed E-state index contributed by atoms with van der Waals surface area (Å²) in [5.74, 6) is 0. The Morgan fingerprint density at radius 2 is 2.20 bits per heavy atom. The number of nitrogens with one attached hydrogen (secondary N) is 1. The molecule has 15 heavy (non-hydrogen) atoms. The highest BCUT2D eigenvalue weighted by Crippen LogP contribution is 2.25. The molecule has 3 nitrogen and oxygen atoms in total. The molecule has 0 saturated heterocycles. The molecular weight excluding hydrogens is 254 g/mol. The van der Waals surface area contributed by atoms with Crippen LogP contribution in [-0.4, -0.2) is 12.0 Å². The lowest BCUT2D eigenvalue weighted by atomic mass is 10.1. The molecule has 74 valence electrons. The van der Waals surface area contributed by atoms with Crippen LogP contribution >= 0.6 is 15.9 Å². The predicted octanol–water partition coefficient (Wildman–Crippen LogP) is 2.91. The maximum Gasteiger partial charge on any atom is 0.143 e. The van der Waals surface area contributed by atoms with Crippen LogP contribution in [0, 0.1) is 11.3 Å². The van der Waals surface area contributed by atoms with Crippen LogP contribution in [0.3, 0.4) is 0 Å². The first kappa shape index (κ1) is 9.94. The number of nitriles is 1. The van der Waals surface area contributed by atoms with Crippen molar-refractivity contribution in [1.29, 1.82) is 5.26 Å². The van der Waals surface area contributed by atoms with Gasteiger partial charge in [0, 0.05) is 22.6 Å². The summed E-state index contributed by atoms with van der Waals surface area (Å²) in [4.78, 5) is 4.22. The summed E-state index contributed by atoms with van der Waals surface area (Å²) >= 11 is 3.41. The minimum atomic E-state index is 0.425. The molecule has 0 aliphatic carbocycles. The van der Waals surface area contributed by atoms with E-state index in [0.29, 0.717) is 5.69 Å². The fraction of sp³-hybridized carbons (Fsp3) is 0.0909. The molecule has 0 unspecified atom stereocenters. The van der Waals surface area contributed by atoms with Crippen molar-refractivity contribution >= 4 is 32.5 Å². The van der Waals surface area contributed by atoms with Crippen LogP contribution in [0.25, 0.3) is 10.9 Å². The van der Waals surface area contributed by atoms with E-state index in [-0.39, 0.29) is 0 Å². The fourth-order valence-corrected chi connectivity index (χ4v) is 1.82. The number of nitrogens with zero attached hydrogens (tertiary/aromatic N) is 2. The van der Waals surface area contributed by atoms with Gasteiger partial charge in [-0.3, -0.25) is 0 Å². The van der Waals surface area contributed by atoms with E-state index in [2.05, 4.69) is 26.2 Å². The number of benzene rings is 1. The van der Waals surface area contributed by atoms with E-state index in [1.807, 2.05) is 31.3 Å². The van der Waals surface area contributed by atoms with Gasteiger partial charge in [0.25, 0.3) is 0 Å². The van der Waals surface area contributed by atoms with Crippen molar-refractivity contribution in [3.63, 3.8) is 0 Å². The van der Waals surface area contributed by atoms with E-state index in [1.165, 1.54) is 0 Å². The lowest BCUT2D eigenvalue weighted by Crippen LogP contribution is -1.93.